The van der Waals surface area contributed by atoms with Gasteiger partial charge in [0.2, 0.25) is 0 Å². The highest BCUT2D eigenvalue weighted by Gasteiger charge is 2.10. The highest BCUT2D eigenvalue weighted by molar-refractivity contribution is 5.81. The fourth-order valence-corrected chi connectivity index (χ4v) is 2.42. The number of fused-ring (bicyclic) bond motifs is 1. The predicted molar refractivity (Wildman–Crippen MR) is 82.6 cm³/mol. The summed E-state index contributed by atoms with van der Waals surface area (Å²) in [6.07, 6.45) is 0.697. The van der Waals surface area contributed by atoms with Crippen LogP contribution in [-0.2, 0) is 13.0 Å². The zero-order valence-electron chi connectivity index (χ0n) is 12.4. The Morgan fingerprint density at radius 1 is 1.09 bits per heavy atom. The summed E-state index contributed by atoms with van der Waals surface area (Å²) in [6.45, 7) is 1.70. The zero-order valence-corrected chi connectivity index (χ0v) is 12.4. The van der Waals surface area contributed by atoms with E-state index in [4.69, 9.17) is 9.15 Å². The molecule has 0 aliphatic rings. The van der Waals surface area contributed by atoms with Crippen molar-refractivity contribution in [2.75, 3.05) is 0 Å². The van der Waals surface area contributed by atoms with Gasteiger partial charge in [0, 0.05) is 17.5 Å². The summed E-state index contributed by atoms with van der Waals surface area (Å²) in [5.41, 5.74) is 0.687. The van der Waals surface area contributed by atoms with Crippen molar-refractivity contribution >= 4 is 11.0 Å². The van der Waals surface area contributed by atoms with Crippen LogP contribution in [0.1, 0.15) is 18.1 Å². The van der Waals surface area contributed by atoms with Gasteiger partial charge in [-0.25, -0.2) is 13.6 Å². The summed E-state index contributed by atoms with van der Waals surface area (Å²) >= 11 is 0. The molecule has 0 radical (unpaired) electrons. The number of hydrogen-bond donors (Lipinski definition) is 0. The molecule has 1 heterocycles. The van der Waals surface area contributed by atoms with E-state index in [2.05, 4.69) is 0 Å². The topological polar surface area (TPSA) is 39.4 Å². The second-order valence-electron chi connectivity index (χ2n) is 5.09. The Hall–Kier alpha value is -2.69. The maximum atomic E-state index is 13.6. The van der Waals surface area contributed by atoms with Crippen LogP contribution >= 0.6 is 0 Å². The van der Waals surface area contributed by atoms with Gasteiger partial charge in [-0.15, -0.1) is 0 Å². The number of benzene rings is 2. The normalized spacial score (nSPS) is 10.9. The van der Waals surface area contributed by atoms with E-state index in [0.717, 1.165) is 10.9 Å². The molecule has 5 heteroatoms. The van der Waals surface area contributed by atoms with Crippen molar-refractivity contribution in [2.24, 2.45) is 0 Å². The number of ether oxygens (including phenoxy) is 1. The molecule has 3 nitrogen and oxygen atoms in total. The average molecular weight is 316 g/mol. The lowest BCUT2D eigenvalue weighted by Gasteiger charge is -2.09. The van der Waals surface area contributed by atoms with Gasteiger partial charge in [-0.05, 0) is 36.2 Å². The van der Waals surface area contributed by atoms with Crippen molar-refractivity contribution in [3.63, 3.8) is 0 Å². The lowest BCUT2D eigenvalue weighted by atomic mass is 10.1. The largest absolute Gasteiger partial charge is 0.489 e. The van der Waals surface area contributed by atoms with Crippen LogP contribution in [0.25, 0.3) is 11.0 Å². The Morgan fingerprint density at radius 2 is 1.83 bits per heavy atom. The number of rotatable bonds is 4. The van der Waals surface area contributed by atoms with Gasteiger partial charge < -0.3 is 9.15 Å². The fourth-order valence-electron chi connectivity index (χ4n) is 2.42. The van der Waals surface area contributed by atoms with Crippen LogP contribution in [0.4, 0.5) is 8.78 Å². The second kappa shape index (κ2) is 6.20. The van der Waals surface area contributed by atoms with E-state index < -0.39 is 17.3 Å². The lowest BCUT2D eigenvalue weighted by Crippen LogP contribution is -2.03. The molecule has 1 aromatic heterocycles. The lowest BCUT2D eigenvalue weighted by molar-refractivity contribution is 0.292. The molecule has 0 unspecified atom stereocenters. The van der Waals surface area contributed by atoms with E-state index in [1.54, 1.807) is 18.2 Å². The van der Waals surface area contributed by atoms with E-state index in [9.17, 15) is 13.6 Å². The monoisotopic (exact) mass is 316 g/mol. The summed E-state index contributed by atoms with van der Waals surface area (Å²) in [5, 5.41) is 0.816. The smallest absolute Gasteiger partial charge is 0.336 e. The predicted octanol–water partition coefficient (Wildman–Crippen LogP) is 4.21. The van der Waals surface area contributed by atoms with Gasteiger partial charge in [0.15, 0.2) is 0 Å². The number of aryl methyl sites for hydroxylation is 1. The van der Waals surface area contributed by atoms with Gasteiger partial charge in [-0.2, -0.15) is 0 Å². The van der Waals surface area contributed by atoms with E-state index in [0.29, 0.717) is 17.8 Å². The minimum Gasteiger partial charge on any atom is -0.489 e. The van der Waals surface area contributed by atoms with E-state index in [-0.39, 0.29) is 12.2 Å². The molecular weight excluding hydrogens is 302 g/mol. The molecule has 0 N–H and O–H groups in total. The molecule has 3 aromatic rings. The highest BCUT2D eigenvalue weighted by Crippen LogP contribution is 2.24. The van der Waals surface area contributed by atoms with E-state index in [1.807, 2.05) is 6.92 Å². The SMILES string of the molecule is CCc1cc(=O)oc2cc(OCc3c(F)cccc3F)ccc12. The summed E-state index contributed by atoms with van der Waals surface area (Å²) in [4.78, 5) is 11.5. The third-order valence-electron chi connectivity index (χ3n) is 3.63. The van der Waals surface area contributed by atoms with Crippen molar-refractivity contribution < 1.29 is 17.9 Å². The molecule has 23 heavy (non-hydrogen) atoms. The maximum absolute atomic E-state index is 13.6. The van der Waals surface area contributed by atoms with Crippen LogP contribution in [0, 0.1) is 11.6 Å². The van der Waals surface area contributed by atoms with Crippen LogP contribution in [0.15, 0.2) is 51.7 Å². The first-order valence-electron chi connectivity index (χ1n) is 7.21. The standard InChI is InChI=1S/C18H14F2O3/c1-2-11-8-18(21)23-17-9-12(6-7-13(11)17)22-10-14-15(19)4-3-5-16(14)20/h3-9H,2,10H2,1H3. The summed E-state index contributed by atoms with van der Waals surface area (Å²) in [7, 11) is 0. The fraction of sp³-hybridized carbons (Fsp3) is 0.167. The Balaban J connectivity index is 1.91. The molecule has 0 aliphatic carbocycles. The first kappa shape index (κ1) is 15.2. The summed E-state index contributed by atoms with van der Waals surface area (Å²) in [6, 6.07) is 10.1. The third-order valence-corrected chi connectivity index (χ3v) is 3.63. The Labute approximate surface area is 131 Å². The molecule has 0 fully saturated rings. The molecule has 0 bridgehead atoms. The Morgan fingerprint density at radius 3 is 2.52 bits per heavy atom. The van der Waals surface area contributed by atoms with Crippen LogP contribution in [0.2, 0.25) is 0 Å². The Kier molecular flexibility index (Phi) is 4.10. The first-order valence-corrected chi connectivity index (χ1v) is 7.21. The van der Waals surface area contributed by atoms with Crippen LogP contribution in [0.5, 0.6) is 5.75 Å². The van der Waals surface area contributed by atoms with Gasteiger partial charge in [-0.3, -0.25) is 0 Å². The van der Waals surface area contributed by atoms with Crippen LogP contribution in [0.3, 0.4) is 0 Å². The molecule has 0 spiro atoms. The van der Waals surface area contributed by atoms with Crippen molar-refractivity contribution in [3.8, 4) is 5.75 Å². The molecular formula is C18H14F2O3. The molecule has 0 saturated carbocycles. The molecule has 0 atom stereocenters. The van der Waals surface area contributed by atoms with E-state index in [1.165, 1.54) is 24.3 Å². The number of hydrogen-bond acceptors (Lipinski definition) is 3. The van der Waals surface area contributed by atoms with Crippen molar-refractivity contribution in [1.82, 2.24) is 0 Å². The van der Waals surface area contributed by atoms with Gasteiger partial charge in [0.1, 0.15) is 29.6 Å². The minimum absolute atomic E-state index is 0.142. The molecule has 0 saturated heterocycles. The quantitative estimate of drug-likeness (QED) is 0.677. The third kappa shape index (κ3) is 3.08. The number of halogens is 2. The van der Waals surface area contributed by atoms with Crippen molar-refractivity contribution in [3.05, 3.63) is 75.6 Å². The summed E-state index contributed by atoms with van der Waals surface area (Å²) in [5.74, 6) is -0.951. The van der Waals surface area contributed by atoms with E-state index >= 15 is 0 Å². The average Bonchev–Trinajstić information content (AvgIpc) is 2.53. The Bertz CT molecular complexity index is 896. The van der Waals surface area contributed by atoms with Crippen molar-refractivity contribution in [1.29, 1.82) is 0 Å². The van der Waals surface area contributed by atoms with Crippen molar-refractivity contribution in [2.45, 2.75) is 20.0 Å². The van der Waals surface area contributed by atoms with Crippen LogP contribution < -0.4 is 10.4 Å². The molecule has 0 amide bonds. The molecule has 118 valence electrons. The zero-order chi connectivity index (χ0) is 16.4. The van der Waals surface area contributed by atoms with Crippen LogP contribution in [-0.4, -0.2) is 0 Å². The summed E-state index contributed by atoms with van der Waals surface area (Å²) < 4.78 is 37.7. The molecule has 0 aliphatic heterocycles. The molecule has 2 aromatic carbocycles. The van der Waals surface area contributed by atoms with Gasteiger partial charge in [-0.1, -0.05) is 13.0 Å². The van der Waals surface area contributed by atoms with Gasteiger partial charge >= 0.3 is 5.63 Å². The minimum atomic E-state index is -0.661. The highest BCUT2D eigenvalue weighted by atomic mass is 19.1. The maximum Gasteiger partial charge on any atom is 0.336 e. The van der Waals surface area contributed by atoms with Gasteiger partial charge in [0.25, 0.3) is 0 Å². The van der Waals surface area contributed by atoms with Gasteiger partial charge in [0.05, 0.1) is 5.56 Å². The second-order valence-corrected chi connectivity index (χ2v) is 5.09. The molecule has 3 rings (SSSR count). The first-order chi connectivity index (χ1) is 11.1.